The van der Waals surface area contributed by atoms with E-state index in [4.69, 9.17) is 5.73 Å². The van der Waals surface area contributed by atoms with Gasteiger partial charge in [0.15, 0.2) is 0 Å². The van der Waals surface area contributed by atoms with E-state index in [-0.39, 0.29) is 5.41 Å². The lowest BCUT2D eigenvalue weighted by Gasteiger charge is -2.43. The topological polar surface area (TPSA) is 46.3 Å². The highest BCUT2D eigenvalue weighted by atomic mass is 16.2. The number of carbonyl (C=O) groups is 1. The van der Waals surface area contributed by atoms with Gasteiger partial charge in [0.25, 0.3) is 0 Å². The van der Waals surface area contributed by atoms with Crippen LogP contribution in [0, 0.1) is 17.3 Å². The van der Waals surface area contributed by atoms with Gasteiger partial charge in [0.05, 0.1) is 0 Å². The van der Waals surface area contributed by atoms with Crippen molar-refractivity contribution in [3.05, 3.63) is 0 Å². The van der Waals surface area contributed by atoms with Gasteiger partial charge in [-0.15, -0.1) is 0 Å². The van der Waals surface area contributed by atoms with Crippen molar-refractivity contribution >= 4 is 5.91 Å². The van der Waals surface area contributed by atoms with Gasteiger partial charge in [-0.25, -0.2) is 0 Å². The molecular formula is C14H26N2O. The SMILES string of the molecule is CC1CCN(C(=O)CC2(CN)CCC2)CC1C. The number of carbonyl (C=O) groups excluding carboxylic acids is 1. The number of hydrogen-bond donors (Lipinski definition) is 1. The van der Waals surface area contributed by atoms with Crippen LogP contribution < -0.4 is 5.73 Å². The van der Waals surface area contributed by atoms with E-state index >= 15 is 0 Å². The maximum absolute atomic E-state index is 12.3. The van der Waals surface area contributed by atoms with Gasteiger partial charge < -0.3 is 10.6 Å². The molecule has 0 spiro atoms. The number of nitrogens with two attached hydrogens (primary N) is 1. The molecule has 1 saturated carbocycles. The zero-order chi connectivity index (χ0) is 12.5. The second kappa shape index (κ2) is 4.97. The molecule has 2 N–H and O–H groups in total. The molecule has 2 atom stereocenters. The Morgan fingerprint density at radius 3 is 2.53 bits per heavy atom. The number of hydrogen-bond acceptors (Lipinski definition) is 2. The van der Waals surface area contributed by atoms with Crippen molar-refractivity contribution in [2.45, 2.75) is 46.0 Å². The Hall–Kier alpha value is -0.570. The van der Waals surface area contributed by atoms with Gasteiger partial charge in [0, 0.05) is 19.5 Å². The molecule has 2 aliphatic rings. The van der Waals surface area contributed by atoms with Crippen LogP contribution in [0.25, 0.3) is 0 Å². The fourth-order valence-electron chi connectivity index (χ4n) is 3.05. The summed E-state index contributed by atoms with van der Waals surface area (Å²) in [7, 11) is 0. The monoisotopic (exact) mass is 238 g/mol. The van der Waals surface area contributed by atoms with Crippen molar-refractivity contribution in [2.24, 2.45) is 23.0 Å². The molecule has 0 radical (unpaired) electrons. The van der Waals surface area contributed by atoms with Crippen LogP contribution in [0.3, 0.4) is 0 Å². The van der Waals surface area contributed by atoms with Crippen molar-refractivity contribution in [2.75, 3.05) is 19.6 Å². The summed E-state index contributed by atoms with van der Waals surface area (Å²) < 4.78 is 0. The fourth-order valence-corrected chi connectivity index (χ4v) is 3.05. The smallest absolute Gasteiger partial charge is 0.223 e. The minimum Gasteiger partial charge on any atom is -0.342 e. The van der Waals surface area contributed by atoms with E-state index in [1.54, 1.807) is 0 Å². The van der Waals surface area contributed by atoms with Crippen molar-refractivity contribution in [3.63, 3.8) is 0 Å². The minimum absolute atomic E-state index is 0.156. The highest BCUT2D eigenvalue weighted by Crippen LogP contribution is 2.43. The molecule has 1 aliphatic heterocycles. The van der Waals surface area contributed by atoms with E-state index in [0.717, 1.165) is 38.3 Å². The zero-order valence-corrected chi connectivity index (χ0v) is 11.2. The van der Waals surface area contributed by atoms with Crippen LogP contribution in [0.5, 0.6) is 0 Å². The normalized spacial score (nSPS) is 32.1. The van der Waals surface area contributed by atoms with E-state index in [0.29, 0.717) is 24.8 Å². The molecular weight excluding hydrogens is 212 g/mol. The minimum atomic E-state index is 0.156. The quantitative estimate of drug-likeness (QED) is 0.817. The van der Waals surface area contributed by atoms with Crippen LogP contribution in [0.4, 0.5) is 0 Å². The number of piperidine rings is 1. The standard InChI is InChI=1S/C14H26N2O/c1-11-4-7-16(9-12(11)2)13(17)8-14(10-15)5-3-6-14/h11-12H,3-10,15H2,1-2H3. The maximum Gasteiger partial charge on any atom is 0.223 e. The molecule has 1 amide bonds. The van der Waals surface area contributed by atoms with Crippen LogP contribution in [-0.4, -0.2) is 30.4 Å². The van der Waals surface area contributed by atoms with Gasteiger partial charge in [-0.05, 0) is 43.1 Å². The van der Waals surface area contributed by atoms with E-state index < -0.39 is 0 Å². The van der Waals surface area contributed by atoms with Crippen molar-refractivity contribution in [3.8, 4) is 0 Å². The van der Waals surface area contributed by atoms with Crippen LogP contribution in [-0.2, 0) is 4.79 Å². The van der Waals surface area contributed by atoms with Gasteiger partial charge in [-0.3, -0.25) is 4.79 Å². The van der Waals surface area contributed by atoms with Crippen LogP contribution in [0.15, 0.2) is 0 Å². The molecule has 0 aromatic carbocycles. The van der Waals surface area contributed by atoms with Crippen molar-refractivity contribution in [1.29, 1.82) is 0 Å². The van der Waals surface area contributed by atoms with Gasteiger partial charge in [-0.2, -0.15) is 0 Å². The van der Waals surface area contributed by atoms with E-state index in [2.05, 4.69) is 18.7 Å². The summed E-state index contributed by atoms with van der Waals surface area (Å²) in [6.45, 7) is 7.12. The first-order valence-electron chi connectivity index (χ1n) is 7.04. The third kappa shape index (κ3) is 2.65. The second-order valence-electron chi connectivity index (χ2n) is 6.32. The highest BCUT2D eigenvalue weighted by molar-refractivity contribution is 5.77. The number of nitrogens with zero attached hydrogens (tertiary/aromatic N) is 1. The summed E-state index contributed by atoms with van der Waals surface area (Å²) in [4.78, 5) is 14.4. The predicted octanol–water partition coefficient (Wildman–Crippen LogP) is 2.01. The molecule has 1 heterocycles. The van der Waals surface area contributed by atoms with Gasteiger partial charge in [0.1, 0.15) is 0 Å². The number of rotatable bonds is 3. The Morgan fingerprint density at radius 2 is 2.06 bits per heavy atom. The molecule has 3 heteroatoms. The Labute approximate surface area is 105 Å². The first kappa shape index (κ1) is 12.9. The van der Waals surface area contributed by atoms with E-state index in [9.17, 15) is 4.79 Å². The summed E-state index contributed by atoms with van der Waals surface area (Å²) in [5.41, 5.74) is 5.98. The third-order valence-corrected chi connectivity index (χ3v) is 5.06. The Morgan fingerprint density at radius 1 is 1.35 bits per heavy atom. The largest absolute Gasteiger partial charge is 0.342 e. The highest BCUT2D eigenvalue weighted by Gasteiger charge is 2.39. The lowest BCUT2D eigenvalue weighted by Crippen LogP contribution is -2.47. The van der Waals surface area contributed by atoms with Crippen LogP contribution >= 0.6 is 0 Å². The average molecular weight is 238 g/mol. The summed E-state index contributed by atoms with van der Waals surface area (Å²) >= 11 is 0. The molecule has 0 bridgehead atoms. The van der Waals surface area contributed by atoms with Gasteiger partial charge >= 0.3 is 0 Å². The number of likely N-dealkylation sites (tertiary alicyclic amines) is 1. The van der Waals surface area contributed by atoms with Crippen molar-refractivity contribution in [1.82, 2.24) is 4.90 Å². The third-order valence-electron chi connectivity index (χ3n) is 5.06. The summed E-state index contributed by atoms with van der Waals surface area (Å²) in [5.74, 6) is 1.74. The van der Waals surface area contributed by atoms with E-state index in [1.807, 2.05) is 0 Å². The molecule has 98 valence electrons. The summed E-state index contributed by atoms with van der Waals surface area (Å²) in [6.07, 6.45) is 5.38. The van der Waals surface area contributed by atoms with Gasteiger partial charge in [0.2, 0.25) is 5.91 Å². The van der Waals surface area contributed by atoms with Crippen LogP contribution in [0.1, 0.15) is 46.0 Å². The first-order valence-corrected chi connectivity index (χ1v) is 7.04. The summed E-state index contributed by atoms with van der Waals surface area (Å²) in [5, 5.41) is 0. The molecule has 0 aromatic heterocycles. The van der Waals surface area contributed by atoms with Gasteiger partial charge in [-0.1, -0.05) is 20.3 Å². The van der Waals surface area contributed by atoms with E-state index in [1.165, 1.54) is 6.42 Å². The molecule has 0 aromatic rings. The molecule has 1 aliphatic carbocycles. The fraction of sp³-hybridized carbons (Fsp3) is 0.929. The molecule has 2 fully saturated rings. The Bertz CT molecular complexity index is 280. The lowest BCUT2D eigenvalue weighted by molar-refractivity contribution is -0.137. The zero-order valence-electron chi connectivity index (χ0n) is 11.2. The molecule has 3 nitrogen and oxygen atoms in total. The molecule has 1 saturated heterocycles. The second-order valence-corrected chi connectivity index (χ2v) is 6.32. The first-order chi connectivity index (χ1) is 8.06. The predicted molar refractivity (Wildman–Crippen MR) is 69.5 cm³/mol. The lowest BCUT2D eigenvalue weighted by atomic mass is 9.66. The maximum atomic E-state index is 12.3. The van der Waals surface area contributed by atoms with Crippen molar-refractivity contribution < 1.29 is 4.79 Å². The molecule has 17 heavy (non-hydrogen) atoms. The molecule has 2 unspecified atom stereocenters. The molecule has 2 rings (SSSR count). The number of amides is 1. The van der Waals surface area contributed by atoms with Crippen LogP contribution in [0.2, 0.25) is 0 Å². The summed E-state index contributed by atoms with van der Waals surface area (Å²) in [6, 6.07) is 0. The Kier molecular flexibility index (Phi) is 3.76. The average Bonchev–Trinajstić information content (AvgIpc) is 2.27. The Balaban J connectivity index is 1.88.